The molecule has 0 saturated heterocycles. The Morgan fingerprint density at radius 3 is 2.37 bits per heavy atom. The van der Waals surface area contributed by atoms with Crippen molar-refractivity contribution in [1.82, 2.24) is 9.88 Å². The van der Waals surface area contributed by atoms with Crippen molar-refractivity contribution in [2.75, 3.05) is 14.2 Å². The van der Waals surface area contributed by atoms with Crippen LogP contribution in [-0.4, -0.2) is 48.1 Å². The van der Waals surface area contributed by atoms with Crippen LogP contribution in [0.25, 0.3) is 11.4 Å². The Balaban J connectivity index is 1.41. The van der Waals surface area contributed by atoms with Gasteiger partial charge in [-0.05, 0) is 60.2 Å². The Hall–Kier alpha value is -4.52. The van der Waals surface area contributed by atoms with Crippen LogP contribution in [0, 0.1) is 0 Å². The average molecular weight is 463 g/mol. The maximum Gasteiger partial charge on any atom is 0.255 e. The van der Waals surface area contributed by atoms with Gasteiger partial charge in [-0.15, -0.1) is 0 Å². The van der Waals surface area contributed by atoms with Crippen LogP contribution < -0.4 is 14.0 Å². The minimum absolute atomic E-state index is 0.00756. The van der Waals surface area contributed by atoms with Crippen LogP contribution in [0.1, 0.15) is 16.8 Å². The molecule has 0 fully saturated rings. The van der Waals surface area contributed by atoms with Crippen LogP contribution in [0.4, 0.5) is 0 Å². The molecule has 0 amide bonds. The molecule has 6 rings (SSSR count). The van der Waals surface area contributed by atoms with E-state index in [2.05, 4.69) is 55.9 Å². The fourth-order valence-electron chi connectivity index (χ4n) is 4.66. The minimum atomic E-state index is -0.101. The Labute approximate surface area is 203 Å². The van der Waals surface area contributed by atoms with E-state index in [4.69, 9.17) is 14.5 Å². The molecule has 0 radical (unpaired) electrons. The molecule has 0 spiro atoms. The average Bonchev–Trinajstić information content (AvgIpc) is 3.48. The number of fused-ring (bicyclic) bond motifs is 2. The van der Waals surface area contributed by atoms with Gasteiger partial charge >= 0.3 is 0 Å². The zero-order valence-corrected chi connectivity index (χ0v) is 19.4. The largest absolute Gasteiger partial charge is 0.497 e. The van der Waals surface area contributed by atoms with E-state index in [0.29, 0.717) is 0 Å². The molecule has 2 aromatic carbocycles. The molecule has 0 N–H and O–H groups in total. The summed E-state index contributed by atoms with van der Waals surface area (Å²) in [6.45, 7) is 0. The van der Waals surface area contributed by atoms with Crippen molar-refractivity contribution in [3.05, 3.63) is 108 Å². The fraction of sp³-hybridized carbons (Fsp3) is 0.143. The quantitative estimate of drug-likeness (QED) is 0.542. The van der Waals surface area contributed by atoms with Crippen LogP contribution in [0.15, 0.2) is 102 Å². The molecule has 7 heteroatoms. The van der Waals surface area contributed by atoms with Crippen LogP contribution in [0.3, 0.4) is 0 Å². The van der Waals surface area contributed by atoms with Gasteiger partial charge in [-0.2, -0.15) is 4.57 Å². The third kappa shape index (κ3) is 3.71. The molecule has 0 bridgehead atoms. The molecule has 2 unspecified atom stereocenters. The zero-order valence-electron chi connectivity index (χ0n) is 19.4. The van der Waals surface area contributed by atoms with Gasteiger partial charge in [0.1, 0.15) is 23.4 Å². The first-order chi connectivity index (χ1) is 17.2. The highest BCUT2D eigenvalue weighted by atomic mass is 16.5. The molecular formula is C28H24N5O2+. The van der Waals surface area contributed by atoms with E-state index in [0.717, 1.165) is 45.4 Å². The molecule has 35 heavy (non-hydrogen) atoms. The van der Waals surface area contributed by atoms with Crippen molar-refractivity contribution >= 4 is 23.3 Å². The number of aliphatic imine (C=N–C) groups is 2. The maximum atomic E-state index is 5.33. The Bertz CT molecular complexity index is 1420. The fourth-order valence-corrected chi connectivity index (χ4v) is 4.66. The summed E-state index contributed by atoms with van der Waals surface area (Å²) in [4.78, 5) is 16.2. The van der Waals surface area contributed by atoms with Crippen LogP contribution >= 0.6 is 0 Å². The summed E-state index contributed by atoms with van der Waals surface area (Å²) >= 11 is 0. The predicted molar refractivity (Wildman–Crippen MR) is 135 cm³/mol. The number of ether oxygens (including phenoxy) is 2. The van der Waals surface area contributed by atoms with Crippen molar-refractivity contribution in [3.8, 4) is 11.5 Å². The highest BCUT2D eigenvalue weighted by molar-refractivity contribution is 6.12. The SMILES string of the molecule is COc1ccc(C2=CC(N=C3C=C(c4ccc(OC)cc4)[n+]4ccncc43)C3C=NC=CN23)cc1. The lowest BCUT2D eigenvalue weighted by atomic mass is 10.1. The summed E-state index contributed by atoms with van der Waals surface area (Å²) in [5, 5.41) is 0. The molecule has 4 heterocycles. The minimum Gasteiger partial charge on any atom is -0.497 e. The normalized spacial score (nSPS) is 21.0. The summed E-state index contributed by atoms with van der Waals surface area (Å²) < 4.78 is 12.8. The molecule has 3 aromatic rings. The van der Waals surface area contributed by atoms with E-state index in [9.17, 15) is 0 Å². The van der Waals surface area contributed by atoms with Gasteiger partial charge in [0.25, 0.3) is 5.69 Å². The van der Waals surface area contributed by atoms with Crippen molar-refractivity contribution in [2.45, 2.75) is 12.1 Å². The number of hydrogen-bond donors (Lipinski definition) is 0. The van der Waals surface area contributed by atoms with E-state index in [1.54, 1.807) is 20.4 Å². The Morgan fingerprint density at radius 2 is 1.66 bits per heavy atom. The van der Waals surface area contributed by atoms with Gasteiger partial charge in [-0.25, -0.2) is 0 Å². The predicted octanol–water partition coefficient (Wildman–Crippen LogP) is 3.73. The molecule has 1 aromatic heterocycles. The number of hydrogen-bond acceptors (Lipinski definition) is 6. The smallest absolute Gasteiger partial charge is 0.255 e. The highest BCUT2D eigenvalue weighted by Crippen LogP contribution is 2.34. The van der Waals surface area contributed by atoms with Crippen LogP contribution in [0.5, 0.6) is 11.5 Å². The number of allylic oxidation sites excluding steroid dienone is 1. The lowest BCUT2D eigenvalue weighted by Gasteiger charge is -2.27. The second kappa shape index (κ2) is 8.68. The summed E-state index contributed by atoms with van der Waals surface area (Å²) in [6, 6.07) is 16.1. The standard InChI is InChI=1S/C28H24N5O2/c1-34-21-7-3-19(4-8-21)25-15-23(27-17-29-11-13-32(25)27)31-24-16-26(33-14-12-30-18-28(24)33)20-5-9-22(35-2)10-6-20/h3-18,23,27H,1-2H3/q+1. The first-order valence-electron chi connectivity index (χ1n) is 11.4. The first kappa shape index (κ1) is 21.0. The number of methoxy groups -OCH3 is 2. The van der Waals surface area contributed by atoms with Gasteiger partial charge in [0.05, 0.1) is 32.5 Å². The summed E-state index contributed by atoms with van der Waals surface area (Å²) in [5.41, 5.74) is 6.19. The Kier molecular flexibility index (Phi) is 5.22. The monoisotopic (exact) mass is 462 g/mol. The Morgan fingerprint density at radius 1 is 0.943 bits per heavy atom. The number of rotatable bonds is 5. The lowest BCUT2D eigenvalue weighted by Crippen LogP contribution is -2.36. The first-order valence-corrected chi connectivity index (χ1v) is 11.4. The number of nitrogens with zero attached hydrogens (tertiary/aromatic N) is 5. The third-order valence-corrected chi connectivity index (χ3v) is 6.44. The molecule has 7 nitrogen and oxygen atoms in total. The molecule has 0 saturated carbocycles. The number of aromatic nitrogens is 2. The van der Waals surface area contributed by atoms with E-state index in [1.807, 2.05) is 55.3 Å². The third-order valence-electron chi connectivity index (χ3n) is 6.44. The van der Waals surface area contributed by atoms with E-state index < -0.39 is 0 Å². The van der Waals surface area contributed by atoms with Crippen molar-refractivity contribution in [3.63, 3.8) is 0 Å². The van der Waals surface area contributed by atoms with Gasteiger partial charge in [0.15, 0.2) is 6.20 Å². The maximum absolute atomic E-state index is 5.33. The van der Waals surface area contributed by atoms with Crippen LogP contribution in [0.2, 0.25) is 0 Å². The topological polar surface area (TPSA) is 63.2 Å². The molecule has 2 atom stereocenters. The summed E-state index contributed by atoms with van der Waals surface area (Å²) in [5.74, 6) is 1.66. The molecule has 172 valence electrons. The van der Waals surface area contributed by atoms with Crippen molar-refractivity contribution in [2.24, 2.45) is 9.98 Å². The van der Waals surface area contributed by atoms with E-state index >= 15 is 0 Å². The second-order valence-electron chi connectivity index (χ2n) is 8.37. The number of benzene rings is 2. The van der Waals surface area contributed by atoms with Gasteiger partial charge in [-0.3, -0.25) is 15.0 Å². The van der Waals surface area contributed by atoms with Gasteiger partial charge in [0, 0.05) is 36.0 Å². The lowest BCUT2D eigenvalue weighted by molar-refractivity contribution is -0.578. The summed E-state index contributed by atoms with van der Waals surface area (Å²) in [7, 11) is 3.35. The second-order valence-corrected chi connectivity index (χ2v) is 8.37. The van der Waals surface area contributed by atoms with Crippen molar-refractivity contribution < 1.29 is 14.0 Å². The molecule has 3 aliphatic heterocycles. The zero-order chi connectivity index (χ0) is 23.8. The van der Waals surface area contributed by atoms with Gasteiger partial charge < -0.3 is 14.4 Å². The highest BCUT2D eigenvalue weighted by Gasteiger charge is 2.36. The molecule has 3 aliphatic rings. The van der Waals surface area contributed by atoms with E-state index in [-0.39, 0.29) is 12.1 Å². The van der Waals surface area contributed by atoms with Gasteiger partial charge in [-0.1, -0.05) is 0 Å². The van der Waals surface area contributed by atoms with Crippen LogP contribution in [-0.2, 0) is 0 Å². The molecule has 0 aliphatic carbocycles. The van der Waals surface area contributed by atoms with E-state index in [1.165, 1.54) is 0 Å². The summed E-state index contributed by atoms with van der Waals surface area (Å²) in [6.07, 6.45) is 15.7. The van der Waals surface area contributed by atoms with Gasteiger partial charge in [0.2, 0.25) is 5.70 Å². The van der Waals surface area contributed by atoms with Crippen molar-refractivity contribution in [1.29, 1.82) is 0 Å². The molecular weight excluding hydrogens is 438 g/mol.